The molecule has 0 saturated carbocycles. The highest BCUT2D eigenvalue weighted by Crippen LogP contribution is 2.23. The number of hydrogen-bond acceptors (Lipinski definition) is 5. The maximum Gasteiger partial charge on any atom is 0.331 e. The Morgan fingerprint density at radius 2 is 1.71 bits per heavy atom. The molecule has 2 aromatic carbocycles. The van der Waals surface area contributed by atoms with Gasteiger partial charge >= 0.3 is 5.97 Å². The van der Waals surface area contributed by atoms with Crippen molar-refractivity contribution < 1.29 is 19.1 Å². The molecule has 31 heavy (non-hydrogen) atoms. The Bertz CT molecular complexity index is 1080. The largest absolute Gasteiger partial charge is 0.452 e. The molecule has 2 amide bonds. The van der Waals surface area contributed by atoms with E-state index < -0.39 is 24.4 Å². The molecule has 0 unspecified atom stereocenters. The fraction of sp³-hybridized carbons (Fsp3) is 0.130. The summed E-state index contributed by atoms with van der Waals surface area (Å²) >= 11 is 0. The van der Waals surface area contributed by atoms with Crippen LogP contribution in [-0.4, -0.2) is 40.7 Å². The Morgan fingerprint density at radius 1 is 1.03 bits per heavy atom. The molecule has 1 heterocycles. The van der Waals surface area contributed by atoms with Crippen molar-refractivity contribution in [3.05, 3.63) is 84.1 Å². The molecule has 0 bridgehead atoms. The van der Waals surface area contributed by atoms with Gasteiger partial charge in [-0.15, -0.1) is 0 Å². The number of hydrogen-bond donors (Lipinski definition) is 2. The van der Waals surface area contributed by atoms with Gasteiger partial charge in [0.1, 0.15) is 0 Å². The molecule has 158 valence electrons. The molecule has 3 N–H and O–H groups in total. The van der Waals surface area contributed by atoms with Gasteiger partial charge in [0, 0.05) is 23.4 Å². The van der Waals surface area contributed by atoms with E-state index in [-0.39, 0.29) is 6.54 Å². The normalized spacial score (nSPS) is 10.7. The fourth-order valence-corrected chi connectivity index (χ4v) is 2.81. The van der Waals surface area contributed by atoms with Gasteiger partial charge in [0.15, 0.2) is 6.61 Å². The number of nitrogens with zero attached hydrogens (tertiary/aromatic N) is 2. The Morgan fingerprint density at radius 3 is 2.39 bits per heavy atom. The number of amides is 2. The topological polar surface area (TPSA) is 116 Å². The predicted molar refractivity (Wildman–Crippen MR) is 115 cm³/mol. The van der Waals surface area contributed by atoms with Crippen LogP contribution >= 0.6 is 0 Å². The molecule has 0 fully saturated rings. The number of rotatable bonds is 9. The van der Waals surface area contributed by atoms with E-state index in [1.54, 1.807) is 10.8 Å². The van der Waals surface area contributed by atoms with Crippen LogP contribution in [0, 0.1) is 0 Å². The molecule has 0 atom stereocenters. The highest BCUT2D eigenvalue weighted by atomic mass is 16.5. The molecule has 8 heteroatoms. The van der Waals surface area contributed by atoms with E-state index in [0.29, 0.717) is 6.54 Å². The molecular formula is C23H22N4O4. The van der Waals surface area contributed by atoms with Crippen molar-refractivity contribution in [2.24, 2.45) is 5.73 Å². The highest BCUT2D eigenvalue weighted by Gasteiger charge is 2.11. The zero-order chi connectivity index (χ0) is 22.1. The van der Waals surface area contributed by atoms with Crippen LogP contribution in [-0.2, 0) is 25.7 Å². The average Bonchev–Trinajstić information content (AvgIpc) is 3.18. The van der Waals surface area contributed by atoms with E-state index in [2.05, 4.69) is 10.4 Å². The minimum absolute atomic E-state index is 0.312. The van der Waals surface area contributed by atoms with Crippen molar-refractivity contribution in [1.82, 2.24) is 15.1 Å². The number of nitrogens with two attached hydrogens (primary N) is 1. The van der Waals surface area contributed by atoms with Gasteiger partial charge in [-0.05, 0) is 11.6 Å². The summed E-state index contributed by atoms with van der Waals surface area (Å²) in [4.78, 5) is 34.2. The lowest BCUT2D eigenvalue weighted by molar-refractivity contribution is -0.143. The summed E-state index contributed by atoms with van der Waals surface area (Å²) in [6, 6.07) is 19.5. The fourth-order valence-electron chi connectivity index (χ4n) is 2.81. The lowest BCUT2D eigenvalue weighted by atomic mass is 10.1. The van der Waals surface area contributed by atoms with Crippen molar-refractivity contribution in [3.8, 4) is 11.3 Å². The van der Waals surface area contributed by atoms with Crippen LogP contribution in [0.3, 0.4) is 0 Å². The van der Waals surface area contributed by atoms with Gasteiger partial charge in [-0.1, -0.05) is 60.7 Å². The molecular weight excluding hydrogens is 396 g/mol. The van der Waals surface area contributed by atoms with E-state index in [9.17, 15) is 14.4 Å². The third kappa shape index (κ3) is 6.67. The monoisotopic (exact) mass is 418 g/mol. The molecule has 0 aliphatic heterocycles. The first kappa shape index (κ1) is 21.5. The van der Waals surface area contributed by atoms with Crippen LogP contribution < -0.4 is 11.1 Å². The van der Waals surface area contributed by atoms with Crippen LogP contribution in [0.5, 0.6) is 0 Å². The first-order valence-corrected chi connectivity index (χ1v) is 9.58. The van der Waals surface area contributed by atoms with Crippen molar-refractivity contribution >= 4 is 23.9 Å². The maximum atomic E-state index is 12.0. The second-order valence-corrected chi connectivity index (χ2v) is 6.67. The van der Waals surface area contributed by atoms with E-state index in [1.807, 2.05) is 66.9 Å². The van der Waals surface area contributed by atoms with Crippen LogP contribution in [0.15, 0.2) is 72.9 Å². The molecule has 0 aliphatic rings. The lowest BCUT2D eigenvalue weighted by Crippen LogP contribution is -2.35. The van der Waals surface area contributed by atoms with Crippen molar-refractivity contribution in [2.45, 2.75) is 6.54 Å². The first-order chi connectivity index (χ1) is 15.0. The van der Waals surface area contributed by atoms with Gasteiger partial charge in [-0.3, -0.25) is 14.3 Å². The van der Waals surface area contributed by atoms with Crippen LogP contribution in [0.2, 0.25) is 0 Å². The summed E-state index contributed by atoms with van der Waals surface area (Å²) in [5, 5.41) is 6.91. The zero-order valence-electron chi connectivity index (χ0n) is 16.7. The quantitative estimate of drug-likeness (QED) is 0.406. The molecule has 3 rings (SSSR count). The Balaban J connectivity index is 1.72. The van der Waals surface area contributed by atoms with E-state index in [1.165, 1.54) is 6.08 Å². The summed E-state index contributed by atoms with van der Waals surface area (Å²) in [7, 11) is 0. The number of aromatic nitrogens is 2. The molecule has 8 nitrogen and oxygen atoms in total. The number of nitrogens with one attached hydrogen (secondary N) is 1. The summed E-state index contributed by atoms with van der Waals surface area (Å²) in [6.07, 6.45) is 4.68. The lowest BCUT2D eigenvalue weighted by Gasteiger charge is -2.02. The van der Waals surface area contributed by atoms with E-state index in [0.717, 1.165) is 22.4 Å². The molecule has 1 aromatic heterocycles. The van der Waals surface area contributed by atoms with E-state index >= 15 is 0 Å². The number of benzene rings is 2. The molecule has 0 aliphatic carbocycles. The van der Waals surface area contributed by atoms with Gasteiger partial charge in [0.05, 0.1) is 18.8 Å². The van der Waals surface area contributed by atoms with Crippen LogP contribution in [0.1, 0.15) is 11.1 Å². The summed E-state index contributed by atoms with van der Waals surface area (Å²) in [6.45, 7) is -0.235. The SMILES string of the molecule is NC(=O)CNC(=O)COC(=O)/C=C/c1cn(Cc2ccccc2)nc1-c1ccccc1. The summed E-state index contributed by atoms with van der Waals surface area (Å²) in [5.41, 5.74) is 8.41. The number of carbonyl (C=O) groups excluding carboxylic acids is 3. The van der Waals surface area contributed by atoms with Crippen molar-refractivity contribution in [1.29, 1.82) is 0 Å². The highest BCUT2D eigenvalue weighted by molar-refractivity contribution is 5.91. The third-order valence-corrected chi connectivity index (χ3v) is 4.23. The third-order valence-electron chi connectivity index (χ3n) is 4.23. The number of primary amides is 1. The Hall–Kier alpha value is -4.20. The average molecular weight is 418 g/mol. The number of esters is 1. The second-order valence-electron chi connectivity index (χ2n) is 6.67. The van der Waals surface area contributed by atoms with Crippen LogP contribution in [0.4, 0.5) is 0 Å². The predicted octanol–water partition coefficient (Wildman–Crippen LogP) is 1.76. The van der Waals surface area contributed by atoms with E-state index in [4.69, 9.17) is 10.5 Å². The van der Waals surface area contributed by atoms with Crippen molar-refractivity contribution in [2.75, 3.05) is 13.2 Å². The molecule has 3 aromatic rings. The Kier molecular flexibility index (Phi) is 7.31. The smallest absolute Gasteiger partial charge is 0.331 e. The van der Waals surface area contributed by atoms with Gasteiger partial charge in [0.2, 0.25) is 5.91 Å². The van der Waals surface area contributed by atoms with Crippen molar-refractivity contribution in [3.63, 3.8) is 0 Å². The Labute approximate surface area is 179 Å². The van der Waals surface area contributed by atoms with Gasteiger partial charge in [-0.25, -0.2) is 4.79 Å². The minimum atomic E-state index is -0.691. The number of carbonyl (C=O) groups is 3. The van der Waals surface area contributed by atoms with Crippen LogP contribution in [0.25, 0.3) is 17.3 Å². The maximum absolute atomic E-state index is 12.0. The molecule has 0 saturated heterocycles. The first-order valence-electron chi connectivity index (χ1n) is 9.58. The second kappa shape index (κ2) is 10.5. The van der Waals surface area contributed by atoms with Gasteiger partial charge in [0.25, 0.3) is 5.91 Å². The molecule has 0 spiro atoms. The number of ether oxygens (including phenoxy) is 1. The minimum Gasteiger partial charge on any atom is -0.452 e. The molecule has 0 radical (unpaired) electrons. The summed E-state index contributed by atoms with van der Waals surface area (Å²) < 4.78 is 6.69. The zero-order valence-corrected chi connectivity index (χ0v) is 16.7. The van der Waals surface area contributed by atoms with Gasteiger partial charge in [-0.2, -0.15) is 5.10 Å². The van der Waals surface area contributed by atoms with Gasteiger partial charge < -0.3 is 15.8 Å². The summed E-state index contributed by atoms with van der Waals surface area (Å²) in [5.74, 6) is -1.98. The standard InChI is InChI=1S/C23H22N4O4/c24-20(28)13-25-21(29)16-31-22(30)12-11-19-15-27(14-17-7-3-1-4-8-17)26-23(19)18-9-5-2-6-10-18/h1-12,15H,13-14,16H2,(H2,24,28)(H,25,29)/b12-11+.